The minimum Gasteiger partial charge on any atom is -0.389 e. The smallest absolute Gasteiger partial charge is 0.290 e. The van der Waals surface area contributed by atoms with E-state index >= 15 is 0 Å². The SMILES string of the molecule is Cn1nc(Cl)cc(Nc2ccn(CC(C)(C)O)n2)c1=O. The Morgan fingerprint density at radius 3 is 2.80 bits per heavy atom. The van der Waals surface area contributed by atoms with E-state index in [0.29, 0.717) is 18.1 Å². The van der Waals surface area contributed by atoms with Gasteiger partial charge in [-0.05, 0) is 13.8 Å². The second-order valence-electron chi connectivity index (χ2n) is 5.15. The van der Waals surface area contributed by atoms with Gasteiger partial charge in [0.2, 0.25) is 0 Å². The first kappa shape index (κ1) is 14.5. The van der Waals surface area contributed by atoms with Crippen LogP contribution in [-0.4, -0.2) is 30.3 Å². The van der Waals surface area contributed by atoms with E-state index in [1.165, 1.54) is 13.1 Å². The van der Waals surface area contributed by atoms with Crippen LogP contribution >= 0.6 is 11.6 Å². The topological polar surface area (TPSA) is 85.0 Å². The molecule has 0 bridgehead atoms. The van der Waals surface area contributed by atoms with Gasteiger partial charge in [0.1, 0.15) is 5.69 Å². The third-order valence-electron chi connectivity index (χ3n) is 2.49. The van der Waals surface area contributed by atoms with Gasteiger partial charge < -0.3 is 10.4 Å². The molecule has 8 heteroatoms. The molecule has 0 spiro atoms. The van der Waals surface area contributed by atoms with E-state index in [9.17, 15) is 9.90 Å². The summed E-state index contributed by atoms with van der Waals surface area (Å²) < 4.78 is 2.74. The first-order chi connectivity index (χ1) is 9.24. The van der Waals surface area contributed by atoms with Gasteiger partial charge in [-0.25, -0.2) is 4.68 Å². The van der Waals surface area contributed by atoms with Gasteiger partial charge in [0.05, 0.1) is 12.1 Å². The normalized spacial score (nSPS) is 11.7. The van der Waals surface area contributed by atoms with Crippen LogP contribution in [0.3, 0.4) is 0 Å². The van der Waals surface area contributed by atoms with E-state index in [-0.39, 0.29) is 10.7 Å². The monoisotopic (exact) mass is 297 g/mol. The summed E-state index contributed by atoms with van der Waals surface area (Å²) >= 11 is 5.81. The minimum absolute atomic E-state index is 0.213. The lowest BCUT2D eigenvalue weighted by Gasteiger charge is -2.16. The van der Waals surface area contributed by atoms with Gasteiger partial charge in [0, 0.05) is 25.4 Å². The quantitative estimate of drug-likeness (QED) is 0.884. The highest BCUT2D eigenvalue weighted by molar-refractivity contribution is 6.29. The molecule has 0 atom stereocenters. The molecule has 20 heavy (non-hydrogen) atoms. The molecule has 108 valence electrons. The molecular weight excluding hydrogens is 282 g/mol. The van der Waals surface area contributed by atoms with Gasteiger partial charge in [-0.2, -0.15) is 10.2 Å². The molecule has 0 saturated carbocycles. The van der Waals surface area contributed by atoms with E-state index in [2.05, 4.69) is 15.5 Å². The van der Waals surface area contributed by atoms with E-state index < -0.39 is 5.60 Å². The third kappa shape index (κ3) is 3.58. The summed E-state index contributed by atoms with van der Waals surface area (Å²) in [7, 11) is 1.52. The van der Waals surface area contributed by atoms with Crippen molar-refractivity contribution < 1.29 is 5.11 Å². The predicted octanol–water partition coefficient (Wildman–Crippen LogP) is 1.14. The number of anilines is 2. The molecule has 7 nitrogen and oxygen atoms in total. The van der Waals surface area contributed by atoms with Crippen LogP contribution in [0.2, 0.25) is 5.15 Å². The molecule has 0 aliphatic heterocycles. The summed E-state index contributed by atoms with van der Waals surface area (Å²) in [6, 6.07) is 3.15. The van der Waals surface area contributed by atoms with Crippen LogP contribution in [0.5, 0.6) is 0 Å². The molecule has 0 aromatic carbocycles. The first-order valence-corrected chi connectivity index (χ1v) is 6.39. The highest BCUT2D eigenvalue weighted by Gasteiger charge is 2.14. The highest BCUT2D eigenvalue weighted by Crippen LogP contribution is 2.14. The number of nitrogens with one attached hydrogen (secondary N) is 1. The highest BCUT2D eigenvalue weighted by atomic mass is 35.5. The molecule has 2 heterocycles. The van der Waals surface area contributed by atoms with Crippen molar-refractivity contribution in [2.45, 2.75) is 26.0 Å². The summed E-state index contributed by atoms with van der Waals surface area (Å²) in [6.07, 6.45) is 1.72. The van der Waals surface area contributed by atoms with Crippen LogP contribution in [0.1, 0.15) is 13.8 Å². The molecule has 0 fully saturated rings. The van der Waals surface area contributed by atoms with Crippen LogP contribution in [0, 0.1) is 0 Å². The molecule has 0 amide bonds. The summed E-state index contributed by atoms with van der Waals surface area (Å²) in [5.74, 6) is 0.494. The lowest BCUT2D eigenvalue weighted by Crippen LogP contribution is -2.26. The molecule has 0 unspecified atom stereocenters. The van der Waals surface area contributed by atoms with Crippen LogP contribution in [0.15, 0.2) is 23.1 Å². The fourth-order valence-corrected chi connectivity index (χ4v) is 1.94. The number of hydrogen-bond acceptors (Lipinski definition) is 5. The van der Waals surface area contributed by atoms with Crippen molar-refractivity contribution in [2.75, 3.05) is 5.32 Å². The number of hydrogen-bond donors (Lipinski definition) is 2. The zero-order valence-corrected chi connectivity index (χ0v) is 12.2. The number of aromatic nitrogens is 4. The maximum absolute atomic E-state index is 11.9. The average molecular weight is 298 g/mol. The lowest BCUT2D eigenvalue weighted by molar-refractivity contribution is 0.0578. The van der Waals surface area contributed by atoms with Crippen molar-refractivity contribution in [3.63, 3.8) is 0 Å². The Balaban J connectivity index is 2.21. The predicted molar refractivity (Wildman–Crippen MR) is 76.3 cm³/mol. The molecule has 2 aromatic rings. The van der Waals surface area contributed by atoms with Gasteiger partial charge in [0.25, 0.3) is 5.56 Å². The molecule has 0 aliphatic rings. The van der Waals surface area contributed by atoms with Crippen LogP contribution in [0.25, 0.3) is 0 Å². The second kappa shape index (κ2) is 5.26. The average Bonchev–Trinajstić information content (AvgIpc) is 2.70. The molecule has 0 saturated heterocycles. The number of halogens is 1. The zero-order valence-electron chi connectivity index (χ0n) is 11.5. The van der Waals surface area contributed by atoms with Crippen LogP contribution in [0.4, 0.5) is 11.5 Å². The Hall–Kier alpha value is -1.86. The van der Waals surface area contributed by atoms with E-state index in [0.717, 1.165) is 4.68 Å². The minimum atomic E-state index is -0.862. The van der Waals surface area contributed by atoms with E-state index in [1.54, 1.807) is 30.8 Å². The maximum atomic E-state index is 11.9. The summed E-state index contributed by atoms with van der Waals surface area (Å²) in [4.78, 5) is 11.9. The second-order valence-corrected chi connectivity index (χ2v) is 5.53. The third-order valence-corrected chi connectivity index (χ3v) is 2.67. The molecule has 2 rings (SSSR count). The molecule has 0 radical (unpaired) electrons. The van der Waals surface area contributed by atoms with Gasteiger partial charge in [-0.3, -0.25) is 9.48 Å². The van der Waals surface area contributed by atoms with Crippen molar-refractivity contribution in [1.82, 2.24) is 19.6 Å². The van der Waals surface area contributed by atoms with Gasteiger partial charge in [-0.15, -0.1) is 0 Å². The standard InChI is InChI=1S/C12H16ClN5O2/c1-12(2,20)7-18-5-4-10(16-18)14-8-6-9(13)15-17(3)11(8)19/h4-6,20H,7H2,1-3H3,(H,14,16). The van der Waals surface area contributed by atoms with E-state index in [1.807, 2.05) is 0 Å². The Kier molecular flexibility index (Phi) is 3.82. The molecule has 2 aromatic heterocycles. The van der Waals surface area contributed by atoms with E-state index in [4.69, 9.17) is 11.6 Å². The molecule has 0 aliphatic carbocycles. The number of nitrogens with zero attached hydrogens (tertiary/aromatic N) is 4. The zero-order chi connectivity index (χ0) is 14.9. The Morgan fingerprint density at radius 2 is 2.15 bits per heavy atom. The van der Waals surface area contributed by atoms with Crippen LogP contribution in [-0.2, 0) is 13.6 Å². The van der Waals surface area contributed by atoms with Crippen molar-refractivity contribution >= 4 is 23.1 Å². The molecular formula is C12H16ClN5O2. The Bertz CT molecular complexity index is 671. The summed E-state index contributed by atoms with van der Waals surface area (Å²) in [6.45, 7) is 3.74. The Labute approximate surface area is 120 Å². The fraction of sp³-hybridized carbons (Fsp3) is 0.417. The summed E-state index contributed by atoms with van der Waals surface area (Å²) in [5, 5.41) is 20.9. The maximum Gasteiger partial charge on any atom is 0.290 e. The number of aliphatic hydroxyl groups is 1. The summed E-state index contributed by atoms with van der Waals surface area (Å²) in [5.41, 5.74) is -0.869. The fourth-order valence-electron chi connectivity index (χ4n) is 1.71. The molecule has 2 N–H and O–H groups in total. The Morgan fingerprint density at radius 1 is 1.45 bits per heavy atom. The van der Waals surface area contributed by atoms with Crippen LogP contribution < -0.4 is 10.9 Å². The first-order valence-electron chi connectivity index (χ1n) is 6.01. The largest absolute Gasteiger partial charge is 0.389 e. The van der Waals surface area contributed by atoms with Gasteiger partial charge in [-0.1, -0.05) is 11.6 Å². The number of rotatable bonds is 4. The van der Waals surface area contributed by atoms with Crippen molar-refractivity contribution in [3.05, 3.63) is 33.8 Å². The lowest BCUT2D eigenvalue weighted by atomic mass is 10.1. The van der Waals surface area contributed by atoms with Crippen molar-refractivity contribution in [3.8, 4) is 0 Å². The van der Waals surface area contributed by atoms with Crippen molar-refractivity contribution in [1.29, 1.82) is 0 Å². The van der Waals surface area contributed by atoms with Crippen molar-refractivity contribution in [2.24, 2.45) is 7.05 Å². The number of aryl methyl sites for hydroxylation is 1. The van der Waals surface area contributed by atoms with Gasteiger partial charge in [0.15, 0.2) is 11.0 Å². The van der Waals surface area contributed by atoms with Gasteiger partial charge >= 0.3 is 0 Å².